The topological polar surface area (TPSA) is 26.3 Å². The summed E-state index contributed by atoms with van der Waals surface area (Å²) in [5, 5.41) is 0. The normalized spacial score (nSPS) is 10.4. The lowest BCUT2D eigenvalue weighted by molar-refractivity contribution is 0.284. The zero-order valence-corrected chi connectivity index (χ0v) is 7.71. The smallest absolute Gasteiger partial charge is 0.417 e. The molecule has 0 N–H and O–H groups in total. The van der Waals surface area contributed by atoms with E-state index in [-0.39, 0.29) is 0 Å². The Morgan fingerprint density at radius 3 is 2.67 bits per heavy atom. The van der Waals surface area contributed by atoms with Gasteiger partial charge in [0, 0.05) is 0 Å². The molecule has 0 aliphatic carbocycles. The van der Waals surface area contributed by atoms with Gasteiger partial charge in [-0.2, -0.15) is 0 Å². The Morgan fingerprint density at radius 2 is 2.00 bits per heavy atom. The van der Waals surface area contributed by atoms with Crippen LogP contribution in [0.3, 0.4) is 0 Å². The number of hydrogen-bond donors (Lipinski definition) is 0. The second-order valence-electron chi connectivity index (χ2n) is 2.69. The third kappa shape index (κ3) is 9.21. The van der Waals surface area contributed by atoms with Crippen molar-refractivity contribution in [3.63, 3.8) is 0 Å². The molecule has 0 aliphatic heterocycles. The predicted molar refractivity (Wildman–Crippen MR) is 49.5 cm³/mol. The van der Waals surface area contributed by atoms with Crippen LogP contribution in [-0.4, -0.2) is 13.1 Å². The highest BCUT2D eigenvalue weighted by atomic mass is 16.5. The summed E-state index contributed by atoms with van der Waals surface area (Å²) >= 11 is 0. The lowest BCUT2D eigenvalue weighted by Crippen LogP contribution is -1.87. The molecule has 1 radical (unpaired) electrons. The Bertz CT molecular complexity index is 119. The van der Waals surface area contributed by atoms with E-state index in [0.29, 0.717) is 6.61 Å². The van der Waals surface area contributed by atoms with Gasteiger partial charge in [-0.15, -0.1) is 0 Å². The summed E-state index contributed by atoms with van der Waals surface area (Å²) < 4.78 is 4.40. The first-order chi connectivity index (χ1) is 5.91. The quantitative estimate of drug-likeness (QED) is 0.412. The van der Waals surface area contributed by atoms with Crippen LogP contribution in [-0.2, 0) is 9.53 Å². The van der Waals surface area contributed by atoms with E-state index in [1.807, 2.05) is 6.08 Å². The summed E-state index contributed by atoms with van der Waals surface area (Å²) in [5.74, 6) is 0. The minimum atomic E-state index is 0.452. The van der Waals surface area contributed by atoms with Crippen molar-refractivity contribution in [1.29, 1.82) is 0 Å². The third-order valence-electron chi connectivity index (χ3n) is 1.59. The van der Waals surface area contributed by atoms with Gasteiger partial charge in [-0.1, -0.05) is 31.9 Å². The van der Waals surface area contributed by atoms with Crippen molar-refractivity contribution >= 4 is 6.47 Å². The molecule has 2 nitrogen and oxygen atoms in total. The van der Waals surface area contributed by atoms with E-state index in [4.69, 9.17) is 0 Å². The Balaban J connectivity index is 2.98. The van der Waals surface area contributed by atoms with E-state index in [0.717, 1.165) is 12.8 Å². The van der Waals surface area contributed by atoms with Gasteiger partial charge in [-0.05, 0) is 19.3 Å². The number of unbranched alkanes of at least 4 members (excludes halogenated alkanes) is 3. The number of hydrogen-bond acceptors (Lipinski definition) is 2. The molecule has 0 saturated carbocycles. The SMILES string of the molecule is CCCCC/C=C\CCO[C]=O. The lowest BCUT2D eigenvalue weighted by Gasteiger charge is -1.92. The molecule has 0 heterocycles. The van der Waals surface area contributed by atoms with E-state index in [1.54, 1.807) is 0 Å². The molecule has 0 spiro atoms. The minimum absolute atomic E-state index is 0.452. The fourth-order valence-electron chi connectivity index (χ4n) is 0.917. The van der Waals surface area contributed by atoms with Gasteiger partial charge in [0.1, 0.15) is 0 Å². The molecule has 12 heavy (non-hydrogen) atoms. The van der Waals surface area contributed by atoms with Crippen LogP contribution in [0, 0.1) is 0 Å². The van der Waals surface area contributed by atoms with E-state index in [2.05, 4.69) is 17.7 Å². The zero-order chi connectivity index (χ0) is 9.07. The zero-order valence-electron chi connectivity index (χ0n) is 7.71. The van der Waals surface area contributed by atoms with Gasteiger partial charge in [0.05, 0.1) is 6.61 Å². The van der Waals surface area contributed by atoms with Gasteiger partial charge in [-0.25, -0.2) is 4.79 Å². The molecule has 0 bridgehead atoms. The average molecular weight is 169 g/mol. The van der Waals surface area contributed by atoms with Crippen LogP contribution in [0.5, 0.6) is 0 Å². The van der Waals surface area contributed by atoms with Crippen molar-refractivity contribution in [2.24, 2.45) is 0 Å². The first-order valence-corrected chi connectivity index (χ1v) is 4.55. The molecule has 0 atom stereocenters. The Hall–Kier alpha value is -0.790. The van der Waals surface area contributed by atoms with Crippen LogP contribution in [0.25, 0.3) is 0 Å². The first-order valence-electron chi connectivity index (χ1n) is 4.55. The van der Waals surface area contributed by atoms with Crippen LogP contribution >= 0.6 is 0 Å². The summed E-state index contributed by atoms with van der Waals surface area (Å²) in [6.45, 7) is 4.04. The maximum absolute atomic E-state index is 9.61. The maximum atomic E-state index is 9.61. The number of allylic oxidation sites excluding steroid dienone is 1. The Kier molecular flexibility index (Phi) is 9.54. The van der Waals surface area contributed by atoms with Gasteiger partial charge in [-0.3, -0.25) is 0 Å². The molecular weight excluding hydrogens is 152 g/mol. The molecular formula is C10H17O2. The van der Waals surface area contributed by atoms with E-state index < -0.39 is 0 Å². The van der Waals surface area contributed by atoms with Crippen LogP contribution in [0.15, 0.2) is 12.2 Å². The molecule has 0 aromatic rings. The molecule has 2 heteroatoms. The average Bonchev–Trinajstić information content (AvgIpc) is 2.10. The molecule has 0 fully saturated rings. The van der Waals surface area contributed by atoms with Crippen molar-refractivity contribution in [1.82, 2.24) is 0 Å². The van der Waals surface area contributed by atoms with Crippen molar-refractivity contribution in [2.75, 3.05) is 6.61 Å². The molecule has 0 unspecified atom stereocenters. The van der Waals surface area contributed by atoms with Gasteiger partial charge in [0.25, 0.3) is 0 Å². The molecule has 0 saturated heterocycles. The minimum Gasteiger partial charge on any atom is -0.457 e. The summed E-state index contributed by atoms with van der Waals surface area (Å²) in [6, 6.07) is 0. The van der Waals surface area contributed by atoms with Gasteiger partial charge in [0.15, 0.2) is 0 Å². The van der Waals surface area contributed by atoms with Crippen molar-refractivity contribution in [3.05, 3.63) is 12.2 Å². The Labute approximate surface area is 74.6 Å². The second-order valence-corrected chi connectivity index (χ2v) is 2.69. The second kappa shape index (κ2) is 10.2. The molecule has 0 rings (SSSR count). The molecule has 69 valence electrons. The van der Waals surface area contributed by atoms with Crippen LogP contribution in [0.1, 0.15) is 39.0 Å². The summed E-state index contributed by atoms with van der Waals surface area (Å²) in [5.41, 5.74) is 0. The van der Waals surface area contributed by atoms with Crippen LogP contribution in [0.2, 0.25) is 0 Å². The Morgan fingerprint density at radius 1 is 1.25 bits per heavy atom. The van der Waals surface area contributed by atoms with Gasteiger partial charge < -0.3 is 4.74 Å². The first kappa shape index (κ1) is 11.2. The van der Waals surface area contributed by atoms with Gasteiger partial charge >= 0.3 is 6.47 Å². The van der Waals surface area contributed by atoms with Crippen molar-refractivity contribution < 1.29 is 9.53 Å². The molecule has 0 aliphatic rings. The van der Waals surface area contributed by atoms with E-state index in [1.165, 1.54) is 25.7 Å². The van der Waals surface area contributed by atoms with E-state index in [9.17, 15) is 4.79 Å². The summed E-state index contributed by atoms with van der Waals surface area (Å²) in [4.78, 5) is 9.61. The highest BCUT2D eigenvalue weighted by molar-refractivity contribution is 5.38. The van der Waals surface area contributed by atoms with Gasteiger partial charge in [0.2, 0.25) is 0 Å². The lowest BCUT2D eigenvalue weighted by atomic mass is 10.2. The van der Waals surface area contributed by atoms with Crippen molar-refractivity contribution in [3.8, 4) is 0 Å². The van der Waals surface area contributed by atoms with E-state index >= 15 is 0 Å². The molecule has 0 amide bonds. The maximum Gasteiger partial charge on any atom is 0.417 e. The predicted octanol–water partition coefficient (Wildman–Crippen LogP) is 2.60. The van der Waals surface area contributed by atoms with Crippen LogP contribution in [0.4, 0.5) is 0 Å². The third-order valence-corrected chi connectivity index (χ3v) is 1.59. The summed E-state index contributed by atoms with van der Waals surface area (Å²) in [6.07, 6.45) is 9.95. The number of ether oxygens (including phenoxy) is 1. The standard InChI is InChI=1S/C10H17O2/c1-2-3-4-5-6-7-8-9-12-10-11/h6-7H,2-5,8-9H2,1H3/b7-6-. The number of carbonyl (C=O) groups excluding carboxylic acids is 1. The van der Waals surface area contributed by atoms with Crippen LogP contribution < -0.4 is 0 Å². The number of rotatable bonds is 8. The summed E-state index contributed by atoms with van der Waals surface area (Å²) in [7, 11) is 0. The highest BCUT2D eigenvalue weighted by Gasteiger charge is 1.83. The monoisotopic (exact) mass is 169 g/mol. The fraction of sp³-hybridized carbons (Fsp3) is 0.700. The molecule has 0 aromatic carbocycles. The molecule has 0 aromatic heterocycles. The van der Waals surface area contributed by atoms with Crippen molar-refractivity contribution in [2.45, 2.75) is 39.0 Å². The largest absolute Gasteiger partial charge is 0.457 e. The fourth-order valence-corrected chi connectivity index (χ4v) is 0.917. The highest BCUT2D eigenvalue weighted by Crippen LogP contribution is 1.99.